The van der Waals surface area contributed by atoms with E-state index >= 15 is 0 Å². The maximum Gasteiger partial charge on any atom is 0.246 e. The molecule has 1 aromatic rings. The summed E-state index contributed by atoms with van der Waals surface area (Å²) in [6, 6.07) is 6.99. The van der Waals surface area contributed by atoms with Crippen molar-refractivity contribution in [2.24, 2.45) is 0 Å². The van der Waals surface area contributed by atoms with E-state index in [1.807, 2.05) is 33.8 Å². The Morgan fingerprint density at radius 2 is 2.11 bits per heavy atom. The van der Waals surface area contributed by atoms with Gasteiger partial charge in [0, 0.05) is 12.6 Å². The molecule has 0 aliphatic carbocycles. The van der Waals surface area contributed by atoms with E-state index in [1.165, 1.54) is 0 Å². The molecule has 0 saturated carbocycles. The SMILES string of the molecule is CCN(C(=O)C=C(C)C)C(C)c1cccc(O)c1. The number of likely N-dealkylation sites (N-methyl/N-ethyl adjacent to an activating group) is 1. The van der Waals surface area contributed by atoms with E-state index in [4.69, 9.17) is 0 Å². The fourth-order valence-corrected chi connectivity index (χ4v) is 1.92. The molecule has 0 heterocycles. The molecule has 0 fully saturated rings. The number of phenolic OH excluding ortho intramolecular Hbond substituents is 1. The number of carbonyl (C=O) groups is 1. The van der Waals surface area contributed by atoms with Gasteiger partial charge in [0.15, 0.2) is 0 Å². The Kier molecular flexibility index (Phi) is 4.95. The summed E-state index contributed by atoms with van der Waals surface area (Å²) in [6.45, 7) is 8.37. The Hall–Kier alpha value is -1.77. The molecule has 1 unspecified atom stereocenters. The number of amides is 1. The third kappa shape index (κ3) is 3.62. The Balaban J connectivity index is 2.95. The van der Waals surface area contributed by atoms with Gasteiger partial charge in [-0.1, -0.05) is 17.7 Å². The zero-order chi connectivity index (χ0) is 13.7. The fraction of sp³-hybridized carbons (Fsp3) is 0.400. The van der Waals surface area contributed by atoms with Gasteiger partial charge in [-0.25, -0.2) is 0 Å². The van der Waals surface area contributed by atoms with Gasteiger partial charge in [-0.15, -0.1) is 0 Å². The molecule has 18 heavy (non-hydrogen) atoms. The Bertz CT molecular complexity index is 448. The van der Waals surface area contributed by atoms with Crippen LogP contribution in [-0.2, 0) is 4.79 Å². The maximum atomic E-state index is 12.1. The highest BCUT2D eigenvalue weighted by atomic mass is 16.3. The molecule has 0 saturated heterocycles. The average Bonchev–Trinajstić information content (AvgIpc) is 2.28. The summed E-state index contributed by atoms with van der Waals surface area (Å²) in [5.41, 5.74) is 1.92. The summed E-state index contributed by atoms with van der Waals surface area (Å²) >= 11 is 0. The zero-order valence-corrected chi connectivity index (χ0v) is 11.5. The molecule has 0 bridgehead atoms. The number of hydrogen-bond acceptors (Lipinski definition) is 2. The lowest BCUT2D eigenvalue weighted by atomic mass is 10.1. The van der Waals surface area contributed by atoms with Gasteiger partial charge in [0.1, 0.15) is 5.75 Å². The molecular formula is C15H21NO2. The topological polar surface area (TPSA) is 40.5 Å². The van der Waals surface area contributed by atoms with Gasteiger partial charge in [0.2, 0.25) is 5.91 Å². The van der Waals surface area contributed by atoms with Crippen LogP contribution in [0.4, 0.5) is 0 Å². The van der Waals surface area contributed by atoms with Crippen molar-refractivity contribution in [2.45, 2.75) is 33.7 Å². The van der Waals surface area contributed by atoms with Gasteiger partial charge in [-0.3, -0.25) is 4.79 Å². The highest BCUT2D eigenvalue weighted by Crippen LogP contribution is 2.23. The summed E-state index contributed by atoms with van der Waals surface area (Å²) in [5.74, 6) is 0.235. The van der Waals surface area contributed by atoms with Crippen LogP contribution in [0.5, 0.6) is 5.75 Å². The van der Waals surface area contributed by atoms with E-state index in [9.17, 15) is 9.90 Å². The van der Waals surface area contributed by atoms with E-state index in [0.29, 0.717) is 6.54 Å². The predicted octanol–water partition coefficient (Wildman–Crippen LogP) is 3.27. The van der Waals surface area contributed by atoms with Gasteiger partial charge >= 0.3 is 0 Å². The molecule has 98 valence electrons. The summed E-state index contributed by atoms with van der Waals surface area (Å²) in [6.07, 6.45) is 1.64. The summed E-state index contributed by atoms with van der Waals surface area (Å²) in [5, 5.41) is 9.49. The van der Waals surface area contributed by atoms with Crippen molar-refractivity contribution in [3.8, 4) is 5.75 Å². The second kappa shape index (κ2) is 6.24. The summed E-state index contributed by atoms with van der Waals surface area (Å²) < 4.78 is 0. The van der Waals surface area contributed by atoms with Gasteiger partial charge in [-0.2, -0.15) is 0 Å². The minimum absolute atomic E-state index is 0.00772. The summed E-state index contributed by atoms with van der Waals surface area (Å²) in [4.78, 5) is 13.9. The molecule has 3 heteroatoms. The molecular weight excluding hydrogens is 226 g/mol. The van der Waals surface area contributed by atoms with E-state index in [-0.39, 0.29) is 17.7 Å². The number of allylic oxidation sites excluding steroid dienone is 1. The van der Waals surface area contributed by atoms with Crippen LogP contribution in [0, 0.1) is 0 Å². The standard InChI is InChI=1S/C15H21NO2/c1-5-16(15(18)9-11(2)3)12(4)13-7-6-8-14(17)10-13/h6-10,12,17H,5H2,1-4H3. The molecule has 1 N–H and O–H groups in total. The molecule has 0 spiro atoms. The minimum atomic E-state index is -0.0507. The predicted molar refractivity (Wildman–Crippen MR) is 73.3 cm³/mol. The smallest absolute Gasteiger partial charge is 0.246 e. The van der Waals surface area contributed by atoms with Gasteiger partial charge in [0.05, 0.1) is 6.04 Å². The first-order valence-corrected chi connectivity index (χ1v) is 6.20. The van der Waals surface area contributed by atoms with E-state index in [1.54, 1.807) is 29.2 Å². The van der Waals surface area contributed by atoms with Crippen LogP contribution in [0.2, 0.25) is 0 Å². The Morgan fingerprint density at radius 1 is 1.44 bits per heavy atom. The first-order chi connectivity index (χ1) is 8.45. The number of hydrogen-bond donors (Lipinski definition) is 1. The van der Waals surface area contributed by atoms with Crippen molar-refractivity contribution >= 4 is 5.91 Å². The number of rotatable bonds is 4. The second-order valence-corrected chi connectivity index (χ2v) is 4.62. The van der Waals surface area contributed by atoms with Crippen molar-refractivity contribution in [1.82, 2.24) is 4.90 Å². The van der Waals surface area contributed by atoms with Crippen molar-refractivity contribution < 1.29 is 9.90 Å². The molecule has 3 nitrogen and oxygen atoms in total. The molecule has 1 rings (SSSR count). The fourth-order valence-electron chi connectivity index (χ4n) is 1.92. The summed E-state index contributed by atoms with van der Waals surface area (Å²) in [7, 11) is 0. The maximum absolute atomic E-state index is 12.1. The van der Waals surface area contributed by atoms with Crippen molar-refractivity contribution in [3.05, 3.63) is 41.5 Å². The van der Waals surface area contributed by atoms with Crippen LogP contribution < -0.4 is 0 Å². The Labute approximate surface area is 109 Å². The highest BCUT2D eigenvalue weighted by Gasteiger charge is 2.18. The highest BCUT2D eigenvalue weighted by molar-refractivity contribution is 5.88. The molecule has 1 aromatic carbocycles. The number of aromatic hydroxyl groups is 1. The first kappa shape index (κ1) is 14.3. The van der Waals surface area contributed by atoms with Crippen LogP contribution in [0.3, 0.4) is 0 Å². The van der Waals surface area contributed by atoms with E-state index < -0.39 is 0 Å². The van der Waals surface area contributed by atoms with Gasteiger partial charge in [0.25, 0.3) is 0 Å². The number of nitrogens with zero attached hydrogens (tertiary/aromatic N) is 1. The lowest BCUT2D eigenvalue weighted by Gasteiger charge is -2.27. The average molecular weight is 247 g/mol. The Morgan fingerprint density at radius 3 is 2.61 bits per heavy atom. The molecule has 0 aliphatic rings. The van der Waals surface area contributed by atoms with Crippen LogP contribution in [-0.4, -0.2) is 22.5 Å². The van der Waals surface area contributed by atoms with Crippen molar-refractivity contribution in [1.29, 1.82) is 0 Å². The second-order valence-electron chi connectivity index (χ2n) is 4.62. The molecule has 0 radical (unpaired) electrons. The quantitative estimate of drug-likeness (QED) is 0.829. The van der Waals surface area contributed by atoms with E-state index in [0.717, 1.165) is 11.1 Å². The van der Waals surface area contributed by atoms with Gasteiger partial charge < -0.3 is 10.0 Å². The van der Waals surface area contributed by atoms with Crippen molar-refractivity contribution in [3.63, 3.8) is 0 Å². The van der Waals surface area contributed by atoms with Crippen molar-refractivity contribution in [2.75, 3.05) is 6.54 Å². The third-order valence-corrected chi connectivity index (χ3v) is 2.86. The molecule has 1 amide bonds. The zero-order valence-electron chi connectivity index (χ0n) is 11.5. The monoisotopic (exact) mass is 247 g/mol. The molecule has 0 aromatic heterocycles. The lowest BCUT2D eigenvalue weighted by molar-refractivity contribution is -0.127. The van der Waals surface area contributed by atoms with Crippen LogP contribution in [0.15, 0.2) is 35.9 Å². The van der Waals surface area contributed by atoms with Crippen LogP contribution in [0.25, 0.3) is 0 Å². The largest absolute Gasteiger partial charge is 0.508 e. The molecule has 1 atom stereocenters. The van der Waals surface area contributed by atoms with Crippen LogP contribution >= 0.6 is 0 Å². The third-order valence-electron chi connectivity index (χ3n) is 2.86. The molecule has 0 aliphatic heterocycles. The van der Waals surface area contributed by atoms with Gasteiger partial charge in [-0.05, 0) is 45.4 Å². The number of carbonyl (C=O) groups excluding carboxylic acids is 1. The van der Waals surface area contributed by atoms with Crippen LogP contribution in [0.1, 0.15) is 39.3 Å². The number of phenols is 1. The number of benzene rings is 1. The minimum Gasteiger partial charge on any atom is -0.508 e. The van der Waals surface area contributed by atoms with E-state index in [2.05, 4.69) is 0 Å². The normalized spacial score (nSPS) is 11.8. The lowest BCUT2D eigenvalue weighted by Crippen LogP contribution is -2.32. The first-order valence-electron chi connectivity index (χ1n) is 6.20.